The number of benzene rings is 1. The van der Waals surface area contributed by atoms with E-state index in [2.05, 4.69) is 46.2 Å². The Morgan fingerprint density at radius 3 is 2.84 bits per heavy atom. The van der Waals surface area contributed by atoms with Gasteiger partial charge in [-0.1, -0.05) is 36.4 Å². The van der Waals surface area contributed by atoms with E-state index in [-0.39, 0.29) is 11.3 Å². The van der Waals surface area contributed by atoms with Crippen molar-refractivity contribution < 1.29 is 9.53 Å². The fraction of sp³-hybridized carbons (Fsp3) is 0.571. The van der Waals surface area contributed by atoms with Gasteiger partial charge in [-0.25, -0.2) is 0 Å². The highest BCUT2D eigenvalue weighted by atomic mass is 16.5. The normalized spacial score (nSPS) is 24.8. The number of piperidine rings is 1. The molecule has 134 valence electrons. The Bertz CT molecular complexity index is 662. The largest absolute Gasteiger partial charge is 0.383 e. The maximum atomic E-state index is 12.9. The predicted octanol–water partition coefficient (Wildman–Crippen LogP) is 2.54. The summed E-state index contributed by atoms with van der Waals surface area (Å²) in [5, 5.41) is 0. The minimum absolute atomic E-state index is 0.160. The Labute approximate surface area is 150 Å². The Hall–Kier alpha value is -1.65. The standard InChI is InChI=1S/C21H28N2O2/c1-25-15-14-22-11-7-18(16-22)20(24)23-12-9-21(10-13-23)8-6-17-4-2-3-5-19(17)21/h2-6,8,18H,7,9-16H2,1H3/t18-/m0/s1. The molecule has 3 aliphatic rings. The van der Waals surface area contributed by atoms with Crippen molar-refractivity contribution in [3.05, 3.63) is 41.5 Å². The topological polar surface area (TPSA) is 32.8 Å². The van der Waals surface area contributed by atoms with Crippen LogP contribution in [0.4, 0.5) is 0 Å². The molecule has 0 unspecified atom stereocenters. The van der Waals surface area contributed by atoms with Gasteiger partial charge in [-0.05, 0) is 36.9 Å². The molecule has 1 aromatic carbocycles. The first-order valence-corrected chi connectivity index (χ1v) is 9.51. The lowest BCUT2D eigenvalue weighted by Gasteiger charge is -2.40. The second kappa shape index (κ2) is 6.93. The number of allylic oxidation sites excluding steroid dienone is 1. The summed E-state index contributed by atoms with van der Waals surface area (Å²) in [7, 11) is 1.73. The van der Waals surface area contributed by atoms with Crippen LogP contribution in [-0.4, -0.2) is 62.1 Å². The molecule has 0 saturated carbocycles. The molecule has 1 atom stereocenters. The number of methoxy groups -OCH3 is 1. The Balaban J connectivity index is 1.35. The summed E-state index contributed by atoms with van der Waals surface area (Å²) in [4.78, 5) is 17.4. The lowest BCUT2D eigenvalue weighted by Crippen LogP contribution is -2.46. The number of likely N-dealkylation sites (tertiary alicyclic amines) is 2. The summed E-state index contributed by atoms with van der Waals surface area (Å²) in [5.74, 6) is 0.544. The molecule has 2 fully saturated rings. The molecule has 0 radical (unpaired) electrons. The zero-order chi connectivity index (χ0) is 17.3. The highest BCUT2D eigenvalue weighted by molar-refractivity contribution is 5.79. The smallest absolute Gasteiger partial charge is 0.227 e. The lowest BCUT2D eigenvalue weighted by atomic mass is 9.74. The molecule has 4 heteroatoms. The van der Waals surface area contributed by atoms with Crippen molar-refractivity contribution in [3.8, 4) is 0 Å². The van der Waals surface area contributed by atoms with Crippen molar-refractivity contribution in [2.45, 2.75) is 24.7 Å². The van der Waals surface area contributed by atoms with Crippen LogP contribution in [0.15, 0.2) is 30.3 Å². The van der Waals surface area contributed by atoms with Gasteiger partial charge >= 0.3 is 0 Å². The third-order valence-corrected chi connectivity index (χ3v) is 6.28. The van der Waals surface area contributed by atoms with Crippen LogP contribution in [0, 0.1) is 5.92 Å². The molecule has 4 rings (SSSR count). The first-order chi connectivity index (χ1) is 12.2. The van der Waals surface area contributed by atoms with Gasteiger partial charge in [-0.15, -0.1) is 0 Å². The predicted molar refractivity (Wildman–Crippen MR) is 99.4 cm³/mol. The molecule has 2 heterocycles. The molecule has 2 saturated heterocycles. The molecule has 1 aliphatic carbocycles. The number of hydrogen-bond acceptors (Lipinski definition) is 3. The number of amides is 1. The van der Waals surface area contributed by atoms with E-state index in [1.54, 1.807) is 7.11 Å². The van der Waals surface area contributed by atoms with E-state index in [9.17, 15) is 4.79 Å². The van der Waals surface area contributed by atoms with E-state index in [1.165, 1.54) is 11.1 Å². The molecular formula is C21H28N2O2. The van der Waals surface area contributed by atoms with Crippen LogP contribution in [0.3, 0.4) is 0 Å². The number of fused-ring (bicyclic) bond motifs is 2. The highest BCUT2D eigenvalue weighted by Gasteiger charge is 2.40. The molecule has 1 spiro atoms. The molecular weight excluding hydrogens is 312 g/mol. The van der Waals surface area contributed by atoms with Gasteiger partial charge in [0.1, 0.15) is 0 Å². The Kier molecular flexibility index (Phi) is 4.65. The molecule has 0 bridgehead atoms. The number of rotatable bonds is 4. The number of hydrogen-bond donors (Lipinski definition) is 0. The van der Waals surface area contributed by atoms with Crippen molar-refractivity contribution in [1.29, 1.82) is 0 Å². The van der Waals surface area contributed by atoms with Gasteiger partial charge in [0.15, 0.2) is 0 Å². The van der Waals surface area contributed by atoms with Gasteiger partial charge in [0.05, 0.1) is 12.5 Å². The average Bonchev–Trinajstić information content (AvgIpc) is 3.26. The lowest BCUT2D eigenvalue weighted by molar-refractivity contribution is -0.136. The zero-order valence-electron chi connectivity index (χ0n) is 15.1. The zero-order valence-corrected chi connectivity index (χ0v) is 15.1. The molecule has 0 N–H and O–H groups in total. The van der Waals surface area contributed by atoms with Crippen molar-refractivity contribution in [2.24, 2.45) is 5.92 Å². The molecule has 4 nitrogen and oxygen atoms in total. The van der Waals surface area contributed by atoms with E-state index < -0.39 is 0 Å². The van der Waals surface area contributed by atoms with Crippen LogP contribution >= 0.6 is 0 Å². The van der Waals surface area contributed by atoms with Crippen molar-refractivity contribution in [1.82, 2.24) is 9.80 Å². The van der Waals surface area contributed by atoms with Crippen molar-refractivity contribution in [3.63, 3.8) is 0 Å². The second-order valence-corrected chi connectivity index (χ2v) is 7.68. The second-order valence-electron chi connectivity index (χ2n) is 7.68. The fourth-order valence-electron chi connectivity index (χ4n) is 4.71. The monoisotopic (exact) mass is 340 g/mol. The minimum atomic E-state index is 0.160. The number of ether oxygens (including phenoxy) is 1. The quantitative estimate of drug-likeness (QED) is 0.844. The van der Waals surface area contributed by atoms with Crippen LogP contribution < -0.4 is 0 Å². The van der Waals surface area contributed by atoms with Crippen LogP contribution in [-0.2, 0) is 14.9 Å². The number of nitrogens with zero attached hydrogens (tertiary/aromatic N) is 2. The average molecular weight is 340 g/mol. The summed E-state index contributed by atoms with van der Waals surface area (Å²) in [5.41, 5.74) is 2.97. The van der Waals surface area contributed by atoms with Gasteiger partial charge in [0, 0.05) is 38.7 Å². The van der Waals surface area contributed by atoms with Gasteiger partial charge in [-0.3, -0.25) is 4.79 Å². The summed E-state index contributed by atoms with van der Waals surface area (Å²) in [6.07, 6.45) is 7.73. The third kappa shape index (κ3) is 3.13. The van der Waals surface area contributed by atoms with E-state index in [4.69, 9.17) is 4.74 Å². The van der Waals surface area contributed by atoms with E-state index in [0.717, 1.165) is 58.6 Å². The molecule has 1 amide bonds. The molecule has 1 aromatic rings. The fourth-order valence-corrected chi connectivity index (χ4v) is 4.71. The first-order valence-electron chi connectivity index (χ1n) is 9.51. The molecule has 0 aromatic heterocycles. The molecule has 2 aliphatic heterocycles. The maximum absolute atomic E-state index is 12.9. The van der Waals surface area contributed by atoms with Gasteiger partial charge in [0.2, 0.25) is 5.91 Å². The maximum Gasteiger partial charge on any atom is 0.227 e. The van der Waals surface area contributed by atoms with E-state index in [1.807, 2.05) is 0 Å². The number of carbonyl (C=O) groups excluding carboxylic acids is 1. The molecule has 25 heavy (non-hydrogen) atoms. The van der Waals surface area contributed by atoms with E-state index >= 15 is 0 Å². The van der Waals surface area contributed by atoms with Crippen LogP contribution in [0.25, 0.3) is 6.08 Å². The SMILES string of the molecule is COCCN1CC[C@H](C(=O)N2CCC3(C=Cc4ccccc43)CC2)C1. The van der Waals surface area contributed by atoms with Crippen molar-refractivity contribution in [2.75, 3.05) is 46.4 Å². The minimum Gasteiger partial charge on any atom is -0.383 e. The highest BCUT2D eigenvalue weighted by Crippen LogP contribution is 2.43. The Morgan fingerprint density at radius 2 is 2.04 bits per heavy atom. The summed E-state index contributed by atoms with van der Waals surface area (Å²) in [6.45, 7) is 5.36. The van der Waals surface area contributed by atoms with Crippen LogP contribution in [0.2, 0.25) is 0 Å². The van der Waals surface area contributed by atoms with Gasteiger partial charge in [-0.2, -0.15) is 0 Å². The summed E-state index contributed by atoms with van der Waals surface area (Å²) in [6, 6.07) is 8.71. The summed E-state index contributed by atoms with van der Waals surface area (Å²) < 4.78 is 5.15. The Morgan fingerprint density at radius 1 is 1.24 bits per heavy atom. The van der Waals surface area contributed by atoms with Gasteiger partial charge < -0.3 is 14.5 Å². The van der Waals surface area contributed by atoms with Crippen LogP contribution in [0.5, 0.6) is 0 Å². The third-order valence-electron chi connectivity index (χ3n) is 6.28. The van der Waals surface area contributed by atoms with Crippen molar-refractivity contribution >= 4 is 12.0 Å². The number of carbonyl (C=O) groups is 1. The van der Waals surface area contributed by atoms with Gasteiger partial charge in [0.25, 0.3) is 0 Å². The first kappa shape index (κ1) is 16.8. The van der Waals surface area contributed by atoms with E-state index in [0.29, 0.717) is 5.91 Å². The summed E-state index contributed by atoms with van der Waals surface area (Å²) >= 11 is 0. The van der Waals surface area contributed by atoms with Crippen LogP contribution in [0.1, 0.15) is 30.4 Å².